The summed E-state index contributed by atoms with van der Waals surface area (Å²) in [7, 11) is 0. The van der Waals surface area contributed by atoms with Crippen molar-refractivity contribution in [2.75, 3.05) is 5.32 Å². The van der Waals surface area contributed by atoms with Gasteiger partial charge >= 0.3 is 0 Å². The number of halogens is 1. The summed E-state index contributed by atoms with van der Waals surface area (Å²) in [6.45, 7) is 4.01. The van der Waals surface area contributed by atoms with Crippen LogP contribution in [-0.4, -0.2) is 5.91 Å². The van der Waals surface area contributed by atoms with Crippen LogP contribution in [0.3, 0.4) is 0 Å². The fraction of sp³-hybridized carbons (Fsp3) is 0.154. The minimum atomic E-state index is -0.0342. The van der Waals surface area contributed by atoms with E-state index in [-0.39, 0.29) is 5.91 Å². The molecule has 0 bridgehead atoms. The van der Waals surface area contributed by atoms with Gasteiger partial charge in [0.2, 0.25) is 0 Å². The molecule has 0 radical (unpaired) electrons. The van der Waals surface area contributed by atoms with Gasteiger partial charge in [0.1, 0.15) is 0 Å². The molecule has 1 amide bonds. The van der Waals surface area contributed by atoms with Crippen LogP contribution in [0, 0.1) is 17.4 Å². The minimum absolute atomic E-state index is 0.0342. The molecule has 88 valence electrons. The van der Waals surface area contributed by atoms with Crippen molar-refractivity contribution in [3.8, 4) is 0 Å². The predicted octanol–water partition coefficient (Wildman–Crippen LogP) is 4.22. The molecule has 17 heavy (non-hydrogen) atoms. The van der Waals surface area contributed by atoms with Gasteiger partial charge in [-0.25, -0.2) is 0 Å². The molecule has 0 saturated carbocycles. The summed E-state index contributed by atoms with van der Waals surface area (Å²) >= 11 is 3.85. The number of benzene rings is 1. The van der Waals surface area contributed by atoms with E-state index in [0.29, 0.717) is 0 Å². The Hall–Kier alpha value is -0.880. The normalized spacial score (nSPS) is 10.3. The molecule has 1 aromatic heterocycles. The Morgan fingerprint density at radius 3 is 2.41 bits per heavy atom. The van der Waals surface area contributed by atoms with Crippen LogP contribution < -0.4 is 5.32 Å². The van der Waals surface area contributed by atoms with Crippen molar-refractivity contribution in [2.45, 2.75) is 13.8 Å². The van der Waals surface area contributed by atoms with E-state index in [0.717, 1.165) is 20.4 Å². The summed E-state index contributed by atoms with van der Waals surface area (Å²) in [5.41, 5.74) is 2.67. The van der Waals surface area contributed by atoms with E-state index < -0.39 is 0 Å². The molecule has 0 spiro atoms. The number of hydrogen-bond acceptors (Lipinski definition) is 2. The van der Waals surface area contributed by atoms with E-state index in [2.05, 4.69) is 27.9 Å². The Labute approximate surface area is 118 Å². The molecule has 2 aromatic rings. The Bertz CT molecular complexity index is 545. The third-order valence-electron chi connectivity index (χ3n) is 2.63. The Morgan fingerprint density at radius 1 is 1.24 bits per heavy atom. The number of nitrogens with one attached hydrogen (secondary N) is 1. The lowest BCUT2D eigenvalue weighted by atomic mass is 10.1. The molecule has 0 atom stereocenters. The summed E-state index contributed by atoms with van der Waals surface area (Å²) < 4.78 is 1.16. The fourth-order valence-electron chi connectivity index (χ4n) is 1.47. The van der Waals surface area contributed by atoms with Gasteiger partial charge in [-0.05, 0) is 66.3 Å². The van der Waals surface area contributed by atoms with Crippen molar-refractivity contribution in [1.29, 1.82) is 0 Å². The average Bonchev–Trinajstić information content (AvgIpc) is 2.63. The highest BCUT2D eigenvalue weighted by Crippen LogP contribution is 2.21. The van der Waals surface area contributed by atoms with Gasteiger partial charge in [-0.1, -0.05) is 0 Å². The number of aryl methyl sites for hydroxylation is 1. The maximum absolute atomic E-state index is 12.0. The maximum atomic E-state index is 12.0. The average molecular weight is 357 g/mol. The summed E-state index contributed by atoms with van der Waals surface area (Å²) in [6.07, 6.45) is 0. The van der Waals surface area contributed by atoms with E-state index in [1.807, 2.05) is 43.5 Å². The fourth-order valence-corrected chi connectivity index (χ4v) is 2.69. The lowest BCUT2D eigenvalue weighted by Gasteiger charge is -2.05. The number of carbonyl (C=O) groups is 1. The van der Waals surface area contributed by atoms with Crippen molar-refractivity contribution in [3.05, 3.63) is 49.2 Å². The minimum Gasteiger partial charge on any atom is -0.322 e. The van der Waals surface area contributed by atoms with Gasteiger partial charge in [0, 0.05) is 19.5 Å². The third kappa shape index (κ3) is 2.87. The molecule has 0 fully saturated rings. The molecule has 4 heteroatoms. The molecule has 1 heterocycles. The zero-order valence-electron chi connectivity index (χ0n) is 9.58. The van der Waals surface area contributed by atoms with Crippen molar-refractivity contribution in [2.24, 2.45) is 0 Å². The van der Waals surface area contributed by atoms with Crippen LogP contribution in [-0.2, 0) is 0 Å². The van der Waals surface area contributed by atoms with E-state index in [1.54, 1.807) is 11.3 Å². The third-order valence-corrected chi connectivity index (χ3v) is 4.36. The van der Waals surface area contributed by atoms with Crippen molar-refractivity contribution in [3.63, 3.8) is 0 Å². The standard InChI is InChI=1S/C13H12INOS/c1-8-9(2)17-7-12(8)13(16)15-11-5-3-10(14)4-6-11/h3-7H,1-2H3,(H,15,16). The van der Waals surface area contributed by atoms with Crippen molar-refractivity contribution < 1.29 is 4.79 Å². The number of thiophene rings is 1. The zero-order valence-corrected chi connectivity index (χ0v) is 12.6. The number of hydrogen-bond donors (Lipinski definition) is 1. The van der Waals surface area contributed by atoms with Gasteiger partial charge in [-0.2, -0.15) is 0 Å². The topological polar surface area (TPSA) is 29.1 Å². The molecule has 0 aliphatic carbocycles. The van der Waals surface area contributed by atoms with Crippen LogP contribution in [0.4, 0.5) is 5.69 Å². The molecule has 0 unspecified atom stereocenters. The van der Waals surface area contributed by atoms with Gasteiger partial charge < -0.3 is 5.32 Å². The lowest BCUT2D eigenvalue weighted by molar-refractivity contribution is 0.102. The smallest absolute Gasteiger partial charge is 0.256 e. The van der Waals surface area contributed by atoms with Crippen LogP contribution >= 0.6 is 33.9 Å². The van der Waals surface area contributed by atoms with Crippen LogP contribution in [0.1, 0.15) is 20.8 Å². The summed E-state index contributed by atoms with van der Waals surface area (Å²) in [4.78, 5) is 13.2. The number of rotatable bonds is 2. The highest BCUT2D eigenvalue weighted by Gasteiger charge is 2.12. The molecular formula is C13H12INOS. The second-order valence-corrected chi connectivity index (χ2v) is 6.12. The van der Waals surface area contributed by atoms with Crippen LogP contribution in [0.25, 0.3) is 0 Å². The Morgan fingerprint density at radius 2 is 1.88 bits per heavy atom. The molecule has 0 aliphatic rings. The van der Waals surface area contributed by atoms with Crippen LogP contribution in [0.15, 0.2) is 29.6 Å². The second-order valence-electron chi connectivity index (χ2n) is 3.79. The first kappa shape index (κ1) is 12.6. The summed E-state index contributed by atoms with van der Waals surface area (Å²) in [5.74, 6) is -0.0342. The van der Waals surface area contributed by atoms with E-state index in [9.17, 15) is 4.79 Å². The monoisotopic (exact) mass is 357 g/mol. The highest BCUT2D eigenvalue weighted by atomic mass is 127. The van der Waals surface area contributed by atoms with Gasteiger partial charge in [-0.3, -0.25) is 4.79 Å². The van der Waals surface area contributed by atoms with Gasteiger partial charge in [-0.15, -0.1) is 11.3 Å². The first-order valence-electron chi connectivity index (χ1n) is 5.19. The molecule has 2 nitrogen and oxygen atoms in total. The summed E-state index contributed by atoms with van der Waals surface area (Å²) in [6, 6.07) is 7.77. The quantitative estimate of drug-likeness (QED) is 0.801. The first-order valence-corrected chi connectivity index (χ1v) is 7.15. The van der Waals surface area contributed by atoms with Crippen LogP contribution in [0.5, 0.6) is 0 Å². The van der Waals surface area contributed by atoms with Gasteiger partial charge in [0.05, 0.1) is 5.56 Å². The lowest BCUT2D eigenvalue weighted by Crippen LogP contribution is -2.12. The second kappa shape index (κ2) is 5.18. The van der Waals surface area contributed by atoms with E-state index in [4.69, 9.17) is 0 Å². The molecule has 2 rings (SSSR count). The molecule has 0 aliphatic heterocycles. The van der Waals surface area contributed by atoms with E-state index in [1.165, 1.54) is 4.88 Å². The molecule has 1 N–H and O–H groups in total. The van der Waals surface area contributed by atoms with Crippen LogP contribution in [0.2, 0.25) is 0 Å². The highest BCUT2D eigenvalue weighted by molar-refractivity contribution is 14.1. The predicted molar refractivity (Wildman–Crippen MR) is 80.9 cm³/mol. The number of amides is 1. The first-order chi connectivity index (χ1) is 8.08. The Balaban J connectivity index is 2.17. The van der Waals surface area contributed by atoms with Crippen molar-refractivity contribution >= 4 is 45.5 Å². The zero-order chi connectivity index (χ0) is 12.4. The summed E-state index contributed by atoms with van der Waals surface area (Å²) in [5, 5.41) is 4.81. The molecular weight excluding hydrogens is 345 g/mol. The number of carbonyl (C=O) groups excluding carboxylic acids is 1. The largest absolute Gasteiger partial charge is 0.322 e. The molecule has 1 aromatic carbocycles. The maximum Gasteiger partial charge on any atom is 0.256 e. The number of anilines is 1. The van der Waals surface area contributed by atoms with Gasteiger partial charge in [0.25, 0.3) is 5.91 Å². The van der Waals surface area contributed by atoms with E-state index >= 15 is 0 Å². The Kier molecular flexibility index (Phi) is 3.83. The molecule has 0 saturated heterocycles. The van der Waals surface area contributed by atoms with Crippen molar-refractivity contribution in [1.82, 2.24) is 0 Å². The SMILES string of the molecule is Cc1scc(C(=O)Nc2ccc(I)cc2)c1C. The van der Waals surface area contributed by atoms with Gasteiger partial charge in [0.15, 0.2) is 0 Å².